The van der Waals surface area contributed by atoms with Crippen molar-refractivity contribution in [3.8, 4) is 11.8 Å². The highest BCUT2D eigenvalue weighted by atomic mass is 35.5. The van der Waals surface area contributed by atoms with Gasteiger partial charge in [0, 0.05) is 16.7 Å². The fourth-order valence-electron chi connectivity index (χ4n) is 1.65. The summed E-state index contributed by atoms with van der Waals surface area (Å²) in [7, 11) is 1.22. The van der Waals surface area contributed by atoms with E-state index in [-0.39, 0.29) is 16.7 Å². The third-order valence-corrected chi connectivity index (χ3v) is 3.85. The van der Waals surface area contributed by atoms with Crippen molar-refractivity contribution in [1.29, 1.82) is 5.26 Å². The van der Waals surface area contributed by atoms with E-state index in [1.54, 1.807) is 18.2 Å². The van der Waals surface area contributed by atoms with Gasteiger partial charge in [0.25, 0.3) is 5.91 Å². The highest BCUT2D eigenvalue weighted by molar-refractivity contribution is 8.18. The van der Waals surface area contributed by atoms with Gasteiger partial charge in [-0.3, -0.25) is 10.1 Å². The second kappa shape index (κ2) is 8.86. The zero-order valence-electron chi connectivity index (χ0n) is 12.9. The molecule has 0 radical (unpaired) electrons. The van der Waals surface area contributed by atoms with E-state index in [4.69, 9.17) is 21.6 Å². The van der Waals surface area contributed by atoms with Crippen molar-refractivity contribution in [2.45, 2.75) is 0 Å². The molecule has 0 unspecified atom stereocenters. The lowest BCUT2D eigenvalue weighted by Crippen LogP contribution is -2.19. The number of nitrogens with zero attached hydrogens (tertiary/aromatic N) is 3. The van der Waals surface area contributed by atoms with E-state index in [1.165, 1.54) is 13.3 Å². The number of esters is 1. The van der Waals surface area contributed by atoms with Crippen LogP contribution in [0.5, 0.6) is 5.75 Å². The van der Waals surface area contributed by atoms with E-state index >= 15 is 0 Å². The molecule has 0 bridgehead atoms. The molecular formula is C15H11ClN4O4S. The normalized spacial score (nSPS) is 16.9. The van der Waals surface area contributed by atoms with E-state index < -0.39 is 11.9 Å². The quantitative estimate of drug-likeness (QED) is 0.362. The molecule has 8 nitrogen and oxygen atoms in total. The fraction of sp³-hybridized carbons (Fsp3) is 0.133. The molecular weight excluding hydrogens is 368 g/mol. The first-order valence-corrected chi connectivity index (χ1v) is 7.92. The van der Waals surface area contributed by atoms with Crippen LogP contribution >= 0.6 is 23.4 Å². The molecule has 1 amide bonds. The largest absolute Gasteiger partial charge is 0.478 e. The molecule has 0 aromatic heterocycles. The van der Waals surface area contributed by atoms with Gasteiger partial charge >= 0.3 is 5.97 Å². The van der Waals surface area contributed by atoms with Crippen molar-refractivity contribution in [3.05, 3.63) is 39.8 Å². The molecule has 25 heavy (non-hydrogen) atoms. The van der Waals surface area contributed by atoms with Gasteiger partial charge < -0.3 is 9.47 Å². The van der Waals surface area contributed by atoms with Gasteiger partial charge in [-0.25, -0.2) is 4.79 Å². The molecule has 0 saturated carbocycles. The number of amides is 1. The Hall–Kier alpha value is -2.83. The van der Waals surface area contributed by atoms with E-state index in [0.717, 1.165) is 17.8 Å². The number of halogens is 1. The Labute approximate surface area is 152 Å². The Bertz CT molecular complexity index is 829. The minimum Gasteiger partial charge on any atom is -0.478 e. The number of rotatable bonds is 5. The number of benzene rings is 1. The van der Waals surface area contributed by atoms with E-state index in [1.807, 2.05) is 6.07 Å². The SMILES string of the molecule is COC(=O)/C=C1/S/C(=N\N=Cc2cc(Cl)ccc2OCC#N)NC1=O. The highest BCUT2D eigenvalue weighted by Crippen LogP contribution is 2.24. The fourth-order valence-corrected chi connectivity index (χ4v) is 2.57. The molecule has 1 aromatic rings. The van der Waals surface area contributed by atoms with Crippen LogP contribution < -0.4 is 10.1 Å². The van der Waals surface area contributed by atoms with Gasteiger partial charge in [0.05, 0.1) is 18.2 Å². The molecule has 1 saturated heterocycles. The number of hydrogen-bond donors (Lipinski definition) is 1. The molecule has 128 valence electrons. The number of hydrogen-bond acceptors (Lipinski definition) is 8. The summed E-state index contributed by atoms with van der Waals surface area (Å²) in [4.78, 5) is 23.0. The maximum atomic E-state index is 11.7. The molecule has 1 aromatic carbocycles. The van der Waals surface area contributed by atoms with Crippen LogP contribution in [0.25, 0.3) is 0 Å². The number of thioether (sulfide) groups is 1. The van der Waals surface area contributed by atoms with Gasteiger partial charge in [0.15, 0.2) is 11.8 Å². The molecule has 1 aliphatic rings. The van der Waals surface area contributed by atoms with Gasteiger partial charge in [-0.15, -0.1) is 5.10 Å². The van der Waals surface area contributed by atoms with Crippen LogP contribution in [0.4, 0.5) is 0 Å². The molecule has 0 atom stereocenters. The van der Waals surface area contributed by atoms with E-state index in [2.05, 4.69) is 20.3 Å². The minimum atomic E-state index is -0.638. The Kier molecular flexibility index (Phi) is 6.56. The third kappa shape index (κ3) is 5.34. The minimum absolute atomic E-state index is 0.120. The van der Waals surface area contributed by atoms with Crippen molar-refractivity contribution < 1.29 is 19.1 Å². The Morgan fingerprint density at radius 3 is 3.04 bits per heavy atom. The maximum absolute atomic E-state index is 11.7. The lowest BCUT2D eigenvalue weighted by Gasteiger charge is -2.05. The summed E-state index contributed by atoms with van der Waals surface area (Å²) in [6.07, 6.45) is 2.44. The van der Waals surface area contributed by atoms with Gasteiger partial charge in [-0.1, -0.05) is 11.6 Å². The average Bonchev–Trinajstić information content (AvgIpc) is 2.93. The summed E-state index contributed by atoms with van der Waals surface area (Å²) in [5.41, 5.74) is 0.520. The number of carbonyl (C=O) groups excluding carboxylic acids is 2. The summed E-state index contributed by atoms with van der Waals surface area (Å²) >= 11 is 6.88. The first-order valence-electron chi connectivity index (χ1n) is 6.72. The molecule has 10 heteroatoms. The van der Waals surface area contributed by atoms with Gasteiger partial charge in [-0.2, -0.15) is 10.4 Å². The highest BCUT2D eigenvalue weighted by Gasteiger charge is 2.25. The Morgan fingerprint density at radius 2 is 2.32 bits per heavy atom. The number of methoxy groups -OCH3 is 1. The molecule has 1 heterocycles. The Balaban J connectivity index is 2.13. The molecule has 0 spiro atoms. The maximum Gasteiger partial charge on any atom is 0.331 e. The predicted molar refractivity (Wildman–Crippen MR) is 93.4 cm³/mol. The monoisotopic (exact) mass is 378 g/mol. The van der Waals surface area contributed by atoms with Gasteiger partial charge in [-0.05, 0) is 30.0 Å². The van der Waals surface area contributed by atoms with Gasteiger partial charge in [0.2, 0.25) is 0 Å². The number of amidine groups is 1. The summed E-state index contributed by atoms with van der Waals surface area (Å²) in [6.45, 7) is -0.120. The van der Waals surface area contributed by atoms with Crippen LogP contribution in [0.1, 0.15) is 5.56 Å². The number of nitriles is 1. The molecule has 0 aliphatic carbocycles. The van der Waals surface area contributed by atoms with Crippen molar-refractivity contribution in [2.75, 3.05) is 13.7 Å². The molecule has 2 rings (SSSR count). The van der Waals surface area contributed by atoms with E-state index in [0.29, 0.717) is 16.3 Å². The topological polar surface area (TPSA) is 113 Å². The summed E-state index contributed by atoms with van der Waals surface area (Å²) in [5, 5.41) is 19.4. The number of nitrogens with one attached hydrogen (secondary N) is 1. The van der Waals surface area contributed by atoms with Crippen LogP contribution in [0.3, 0.4) is 0 Å². The molecule has 1 fully saturated rings. The van der Waals surface area contributed by atoms with Crippen molar-refractivity contribution in [3.63, 3.8) is 0 Å². The average molecular weight is 379 g/mol. The Morgan fingerprint density at radius 1 is 1.52 bits per heavy atom. The number of carbonyl (C=O) groups is 2. The van der Waals surface area contributed by atoms with Crippen molar-refractivity contribution in [1.82, 2.24) is 5.32 Å². The number of ether oxygens (including phenoxy) is 2. The van der Waals surface area contributed by atoms with E-state index in [9.17, 15) is 9.59 Å². The first kappa shape index (κ1) is 18.5. The molecule has 1 aliphatic heterocycles. The summed E-state index contributed by atoms with van der Waals surface area (Å²) in [5.74, 6) is -0.685. The third-order valence-electron chi connectivity index (χ3n) is 2.71. The van der Waals surface area contributed by atoms with Crippen molar-refractivity contribution in [2.24, 2.45) is 10.2 Å². The van der Waals surface area contributed by atoms with Crippen molar-refractivity contribution >= 4 is 46.6 Å². The lowest BCUT2D eigenvalue weighted by atomic mass is 10.2. The second-order valence-electron chi connectivity index (χ2n) is 4.37. The second-order valence-corrected chi connectivity index (χ2v) is 5.83. The van der Waals surface area contributed by atoms with Crippen LogP contribution in [-0.2, 0) is 14.3 Å². The summed E-state index contributed by atoms with van der Waals surface area (Å²) < 4.78 is 9.72. The lowest BCUT2D eigenvalue weighted by molar-refractivity contribution is -0.135. The zero-order chi connectivity index (χ0) is 18.2. The van der Waals surface area contributed by atoms with Gasteiger partial charge in [0.1, 0.15) is 11.8 Å². The van der Waals surface area contributed by atoms with Crippen LogP contribution in [0.15, 0.2) is 39.4 Å². The first-order chi connectivity index (χ1) is 12.0. The van der Waals surface area contributed by atoms with Crippen LogP contribution in [0.2, 0.25) is 5.02 Å². The smallest absolute Gasteiger partial charge is 0.331 e. The standard InChI is InChI=1S/C15H11ClN4O4S/c1-23-13(21)7-12-14(22)19-15(25-12)20-18-8-9-6-10(16)2-3-11(9)24-5-4-17/h2-3,6-8H,5H2,1H3,(H,19,20,22)/b12-7+,18-8?. The molecule has 1 N–H and O–H groups in total. The predicted octanol–water partition coefficient (Wildman–Crippen LogP) is 1.85. The van der Waals surface area contributed by atoms with Crippen LogP contribution in [-0.4, -0.2) is 37.0 Å². The zero-order valence-corrected chi connectivity index (χ0v) is 14.4. The van der Waals surface area contributed by atoms with Crippen LogP contribution in [0, 0.1) is 11.3 Å². The summed E-state index contributed by atoms with van der Waals surface area (Å²) in [6, 6.07) is 6.69.